The van der Waals surface area contributed by atoms with Gasteiger partial charge in [-0.15, -0.1) is 0 Å². The first kappa shape index (κ1) is 13.0. The summed E-state index contributed by atoms with van der Waals surface area (Å²) in [5, 5.41) is 0.503. The highest BCUT2D eigenvalue weighted by molar-refractivity contribution is 7.89. The Bertz CT molecular complexity index is 612. The quantitative estimate of drug-likeness (QED) is 0.935. The van der Waals surface area contributed by atoms with Crippen LogP contribution in [0.15, 0.2) is 53.7 Å². The Morgan fingerprint density at radius 1 is 1.06 bits per heavy atom. The standard InChI is InChI=1S/C12H11ClN2O2S/c13-11-1-3-12(4-2-11)18(16,17)15-9-10-5-7-14-8-6-10/h1-8,15H,9H2. The molecule has 6 heteroatoms. The molecule has 0 aliphatic carbocycles. The molecular weight excluding hydrogens is 272 g/mol. The van der Waals surface area contributed by atoms with Crippen molar-refractivity contribution in [3.05, 3.63) is 59.4 Å². The van der Waals surface area contributed by atoms with Crippen molar-refractivity contribution < 1.29 is 8.42 Å². The van der Waals surface area contributed by atoms with Crippen LogP contribution in [0.3, 0.4) is 0 Å². The number of pyridine rings is 1. The lowest BCUT2D eigenvalue weighted by Gasteiger charge is -2.06. The Morgan fingerprint density at radius 2 is 1.67 bits per heavy atom. The van der Waals surface area contributed by atoms with E-state index >= 15 is 0 Å². The number of benzene rings is 1. The molecule has 1 heterocycles. The molecule has 0 spiro atoms. The topological polar surface area (TPSA) is 59.1 Å². The van der Waals surface area contributed by atoms with Gasteiger partial charge in [0, 0.05) is 24.0 Å². The SMILES string of the molecule is O=S(=O)(NCc1ccncc1)c1ccc(Cl)cc1. The van der Waals surface area contributed by atoms with E-state index in [9.17, 15) is 8.42 Å². The second kappa shape index (κ2) is 5.48. The maximum Gasteiger partial charge on any atom is 0.240 e. The van der Waals surface area contributed by atoms with E-state index in [1.807, 2.05) is 0 Å². The Morgan fingerprint density at radius 3 is 2.28 bits per heavy atom. The first-order valence-corrected chi connectivity index (χ1v) is 7.08. The summed E-state index contributed by atoms with van der Waals surface area (Å²) in [4.78, 5) is 4.06. The minimum Gasteiger partial charge on any atom is -0.265 e. The zero-order valence-corrected chi connectivity index (χ0v) is 10.9. The van der Waals surface area contributed by atoms with Crippen molar-refractivity contribution in [1.82, 2.24) is 9.71 Å². The molecule has 1 aromatic carbocycles. The first-order chi connectivity index (χ1) is 8.58. The number of sulfonamides is 1. The zero-order chi connectivity index (χ0) is 13.0. The number of hydrogen-bond acceptors (Lipinski definition) is 3. The largest absolute Gasteiger partial charge is 0.265 e. The van der Waals surface area contributed by atoms with Crippen molar-refractivity contribution in [2.45, 2.75) is 11.4 Å². The van der Waals surface area contributed by atoms with Crippen molar-refractivity contribution in [3.63, 3.8) is 0 Å². The molecule has 1 aromatic heterocycles. The zero-order valence-electron chi connectivity index (χ0n) is 9.38. The molecule has 0 saturated carbocycles. The lowest BCUT2D eigenvalue weighted by molar-refractivity contribution is 0.581. The van der Waals surface area contributed by atoms with Gasteiger partial charge in [0.2, 0.25) is 10.0 Å². The van der Waals surface area contributed by atoms with Crippen molar-refractivity contribution in [2.24, 2.45) is 0 Å². The lowest BCUT2D eigenvalue weighted by Crippen LogP contribution is -2.23. The fourth-order valence-electron chi connectivity index (χ4n) is 1.38. The summed E-state index contributed by atoms with van der Waals surface area (Å²) in [7, 11) is -3.50. The third-order valence-electron chi connectivity index (χ3n) is 2.34. The van der Waals surface area contributed by atoms with Crippen LogP contribution in [0.4, 0.5) is 0 Å². The van der Waals surface area contributed by atoms with Gasteiger partial charge in [-0.05, 0) is 42.0 Å². The van der Waals surface area contributed by atoms with Gasteiger partial charge in [-0.1, -0.05) is 11.6 Å². The molecule has 18 heavy (non-hydrogen) atoms. The van der Waals surface area contributed by atoms with Crippen LogP contribution in [0.2, 0.25) is 5.02 Å². The van der Waals surface area contributed by atoms with Crippen LogP contribution in [0, 0.1) is 0 Å². The maximum atomic E-state index is 11.9. The number of rotatable bonds is 4. The Labute approximate surface area is 111 Å². The summed E-state index contributed by atoms with van der Waals surface area (Å²) in [5.41, 5.74) is 0.850. The third kappa shape index (κ3) is 3.29. The van der Waals surface area contributed by atoms with Gasteiger partial charge in [0.15, 0.2) is 0 Å². The number of nitrogens with zero attached hydrogens (tertiary/aromatic N) is 1. The molecule has 2 aromatic rings. The average molecular weight is 283 g/mol. The monoisotopic (exact) mass is 282 g/mol. The first-order valence-electron chi connectivity index (χ1n) is 5.22. The number of nitrogens with one attached hydrogen (secondary N) is 1. The van der Waals surface area contributed by atoms with Crippen LogP contribution in [-0.2, 0) is 16.6 Å². The molecule has 0 aliphatic rings. The Hall–Kier alpha value is -1.43. The molecule has 0 fully saturated rings. The van der Waals surface area contributed by atoms with Gasteiger partial charge >= 0.3 is 0 Å². The van der Waals surface area contributed by atoms with Crippen molar-refractivity contribution in [1.29, 1.82) is 0 Å². The van der Waals surface area contributed by atoms with Crippen LogP contribution in [-0.4, -0.2) is 13.4 Å². The van der Waals surface area contributed by atoms with Gasteiger partial charge in [0.1, 0.15) is 0 Å². The summed E-state index contributed by atoms with van der Waals surface area (Å²) >= 11 is 5.71. The normalized spacial score (nSPS) is 11.4. The second-order valence-electron chi connectivity index (χ2n) is 3.63. The molecule has 1 N–H and O–H groups in total. The van der Waals surface area contributed by atoms with Crippen LogP contribution < -0.4 is 4.72 Å². The molecule has 94 valence electrons. The number of aromatic nitrogens is 1. The van der Waals surface area contributed by atoms with Gasteiger partial charge < -0.3 is 0 Å². The number of halogens is 1. The molecule has 4 nitrogen and oxygen atoms in total. The van der Waals surface area contributed by atoms with Crippen LogP contribution >= 0.6 is 11.6 Å². The molecule has 0 aliphatic heterocycles. The molecular formula is C12H11ClN2O2S. The second-order valence-corrected chi connectivity index (χ2v) is 5.84. The molecule has 0 radical (unpaired) electrons. The average Bonchev–Trinajstić information content (AvgIpc) is 2.38. The minimum atomic E-state index is -3.50. The van der Waals surface area contributed by atoms with E-state index in [1.54, 1.807) is 36.7 Å². The van der Waals surface area contributed by atoms with E-state index in [1.165, 1.54) is 12.1 Å². The molecule has 0 bridgehead atoms. The molecule has 2 rings (SSSR count). The highest BCUT2D eigenvalue weighted by Gasteiger charge is 2.12. The molecule has 0 atom stereocenters. The molecule has 0 saturated heterocycles. The van der Waals surface area contributed by atoms with E-state index < -0.39 is 10.0 Å². The van der Waals surface area contributed by atoms with Crippen molar-refractivity contribution >= 4 is 21.6 Å². The minimum absolute atomic E-state index is 0.195. The third-order valence-corrected chi connectivity index (χ3v) is 4.01. The Balaban J connectivity index is 2.11. The van der Waals surface area contributed by atoms with Crippen LogP contribution in [0.1, 0.15) is 5.56 Å². The van der Waals surface area contributed by atoms with Gasteiger partial charge in [-0.25, -0.2) is 13.1 Å². The number of hydrogen-bond donors (Lipinski definition) is 1. The van der Waals surface area contributed by atoms with E-state index in [-0.39, 0.29) is 11.4 Å². The van der Waals surface area contributed by atoms with Crippen molar-refractivity contribution in [3.8, 4) is 0 Å². The predicted molar refractivity (Wildman–Crippen MR) is 69.7 cm³/mol. The molecule has 0 unspecified atom stereocenters. The van der Waals surface area contributed by atoms with Crippen LogP contribution in [0.25, 0.3) is 0 Å². The van der Waals surface area contributed by atoms with E-state index in [0.717, 1.165) is 5.56 Å². The summed E-state index contributed by atoms with van der Waals surface area (Å²) in [5.74, 6) is 0. The highest BCUT2D eigenvalue weighted by Crippen LogP contribution is 2.14. The van der Waals surface area contributed by atoms with Crippen LogP contribution in [0.5, 0.6) is 0 Å². The summed E-state index contributed by atoms with van der Waals surface area (Å²) < 4.78 is 26.4. The maximum absolute atomic E-state index is 11.9. The Kier molecular flexibility index (Phi) is 3.96. The van der Waals surface area contributed by atoms with E-state index in [2.05, 4.69) is 9.71 Å². The summed E-state index contributed by atoms with van der Waals surface area (Å²) in [6, 6.07) is 9.54. The van der Waals surface area contributed by atoms with Gasteiger partial charge in [-0.3, -0.25) is 4.98 Å². The fraction of sp³-hybridized carbons (Fsp3) is 0.0833. The predicted octanol–water partition coefficient (Wildman–Crippen LogP) is 2.21. The lowest BCUT2D eigenvalue weighted by atomic mass is 10.3. The fourth-order valence-corrected chi connectivity index (χ4v) is 2.52. The van der Waals surface area contributed by atoms with E-state index in [4.69, 9.17) is 11.6 Å². The summed E-state index contributed by atoms with van der Waals surface area (Å²) in [6.07, 6.45) is 3.23. The van der Waals surface area contributed by atoms with Gasteiger partial charge in [0.05, 0.1) is 4.90 Å². The van der Waals surface area contributed by atoms with Gasteiger partial charge in [-0.2, -0.15) is 0 Å². The van der Waals surface area contributed by atoms with Gasteiger partial charge in [0.25, 0.3) is 0 Å². The molecule has 0 amide bonds. The smallest absolute Gasteiger partial charge is 0.240 e. The summed E-state index contributed by atoms with van der Waals surface area (Å²) in [6.45, 7) is 0.230. The highest BCUT2D eigenvalue weighted by atomic mass is 35.5. The van der Waals surface area contributed by atoms with E-state index in [0.29, 0.717) is 5.02 Å². The van der Waals surface area contributed by atoms with Crippen molar-refractivity contribution in [2.75, 3.05) is 0 Å².